The number of benzene rings is 2. The number of nitrogens with zero attached hydrogens (tertiary/aromatic N) is 2. The zero-order chi connectivity index (χ0) is 22.0. The molecular formula is C26H34N2O2. The predicted octanol–water partition coefficient (Wildman–Crippen LogP) is 5.96. The second-order valence-corrected chi connectivity index (χ2v) is 8.80. The van der Waals surface area contributed by atoms with Gasteiger partial charge in [0.25, 0.3) is 0 Å². The molecule has 2 N–H and O–H groups in total. The van der Waals surface area contributed by atoms with Crippen molar-refractivity contribution in [3.05, 3.63) is 57.6 Å². The standard InChI is InChI=1S/C26H34N2O2/c1-15-11-17(3)25(29)21(13-15)19(5)27-23-9-7-8-10-24(23)28-20(6)22-14-16(2)12-18(4)26(22)30/h11-14,23-24,29-30H,7-10H2,1-6H3/t23-,24-/m0/s1. The third-order valence-electron chi connectivity index (χ3n) is 6.08. The van der Waals surface area contributed by atoms with Crippen LogP contribution in [0.25, 0.3) is 0 Å². The predicted molar refractivity (Wildman–Crippen MR) is 126 cm³/mol. The van der Waals surface area contributed by atoms with Gasteiger partial charge in [-0.15, -0.1) is 0 Å². The first-order valence-electron chi connectivity index (χ1n) is 10.9. The number of hydrogen-bond acceptors (Lipinski definition) is 4. The van der Waals surface area contributed by atoms with Crippen molar-refractivity contribution in [1.29, 1.82) is 0 Å². The van der Waals surface area contributed by atoms with Crippen molar-refractivity contribution in [1.82, 2.24) is 0 Å². The van der Waals surface area contributed by atoms with E-state index in [0.29, 0.717) is 11.5 Å². The minimum atomic E-state index is 0.0852. The summed E-state index contributed by atoms with van der Waals surface area (Å²) in [4.78, 5) is 10.0. The molecule has 1 fully saturated rings. The number of aromatic hydroxyl groups is 2. The average Bonchev–Trinajstić information content (AvgIpc) is 2.68. The van der Waals surface area contributed by atoms with E-state index in [1.807, 2.05) is 65.8 Å². The summed E-state index contributed by atoms with van der Waals surface area (Å²) in [6, 6.07) is 8.14. The molecule has 30 heavy (non-hydrogen) atoms. The molecule has 0 saturated heterocycles. The van der Waals surface area contributed by atoms with Crippen molar-refractivity contribution in [2.75, 3.05) is 0 Å². The average molecular weight is 407 g/mol. The molecule has 160 valence electrons. The van der Waals surface area contributed by atoms with E-state index in [-0.39, 0.29) is 12.1 Å². The van der Waals surface area contributed by atoms with Gasteiger partial charge in [0.2, 0.25) is 0 Å². The van der Waals surface area contributed by atoms with Gasteiger partial charge >= 0.3 is 0 Å². The number of hydrogen-bond donors (Lipinski definition) is 2. The summed E-state index contributed by atoms with van der Waals surface area (Å²) in [6.45, 7) is 11.9. The highest BCUT2D eigenvalue weighted by atomic mass is 16.3. The maximum Gasteiger partial charge on any atom is 0.127 e. The second-order valence-electron chi connectivity index (χ2n) is 8.80. The molecule has 1 aliphatic carbocycles. The fourth-order valence-electron chi connectivity index (χ4n) is 4.50. The Hall–Kier alpha value is -2.62. The lowest BCUT2D eigenvalue weighted by Gasteiger charge is -2.27. The maximum atomic E-state index is 10.5. The fraction of sp³-hybridized carbons (Fsp3) is 0.462. The second kappa shape index (κ2) is 9.03. The van der Waals surface area contributed by atoms with Crippen LogP contribution >= 0.6 is 0 Å². The molecule has 0 spiro atoms. The van der Waals surface area contributed by atoms with E-state index in [0.717, 1.165) is 70.5 Å². The van der Waals surface area contributed by atoms with Gasteiger partial charge in [-0.05, 0) is 88.8 Å². The zero-order valence-electron chi connectivity index (χ0n) is 19.1. The summed E-state index contributed by atoms with van der Waals surface area (Å²) >= 11 is 0. The van der Waals surface area contributed by atoms with E-state index < -0.39 is 0 Å². The lowest BCUT2D eigenvalue weighted by molar-refractivity contribution is 0.388. The van der Waals surface area contributed by atoms with Gasteiger partial charge in [0, 0.05) is 22.6 Å². The summed E-state index contributed by atoms with van der Waals surface area (Å²) in [5, 5.41) is 21.1. The summed E-state index contributed by atoms with van der Waals surface area (Å²) in [5.74, 6) is 0.628. The Morgan fingerprint density at radius 1 is 0.700 bits per heavy atom. The molecule has 0 amide bonds. The number of aliphatic imine (C=N–C) groups is 2. The fourth-order valence-corrected chi connectivity index (χ4v) is 4.50. The van der Waals surface area contributed by atoms with Gasteiger partial charge in [0.1, 0.15) is 11.5 Å². The topological polar surface area (TPSA) is 65.2 Å². The van der Waals surface area contributed by atoms with Crippen LogP contribution in [0, 0.1) is 27.7 Å². The van der Waals surface area contributed by atoms with Crippen LogP contribution in [0.5, 0.6) is 11.5 Å². The molecule has 4 heteroatoms. The van der Waals surface area contributed by atoms with Crippen LogP contribution in [0.15, 0.2) is 34.3 Å². The van der Waals surface area contributed by atoms with Gasteiger partial charge in [-0.25, -0.2) is 0 Å². The molecule has 1 aliphatic rings. The van der Waals surface area contributed by atoms with Crippen LogP contribution in [0.1, 0.15) is 72.9 Å². The number of aryl methyl sites for hydroxylation is 4. The first-order chi connectivity index (χ1) is 14.2. The van der Waals surface area contributed by atoms with Gasteiger partial charge in [-0.1, -0.05) is 25.0 Å². The van der Waals surface area contributed by atoms with Gasteiger partial charge in [0.05, 0.1) is 12.1 Å². The van der Waals surface area contributed by atoms with Crippen molar-refractivity contribution in [2.45, 2.75) is 79.3 Å². The van der Waals surface area contributed by atoms with E-state index in [9.17, 15) is 10.2 Å². The molecule has 0 aromatic heterocycles. The summed E-state index contributed by atoms with van der Waals surface area (Å²) in [6.07, 6.45) is 4.26. The van der Waals surface area contributed by atoms with Crippen LogP contribution in [0.3, 0.4) is 0 Å². The normalized spacial score (nSPS) is 20.5. The third kappa shape index (κ3) is 4.75. The maximum absolute atomic E-state index is 10.5. The Labute approximate surface area is 180 Å². The Morgan fingerprint density at radius 3 is 1.43 bits per heavy atom. The largest absolute Gasteiger partial charge is 0.507 e. The molecule has 0 bridgehead atoms. The Kier molecular flexibility index (Phi) is 6.64. The highest BCUT2D eigenvalue weighted by Gasteiger charge is 2.25. The highest BCUT2D eigenvalue weighted by molar-refractivity contribution is 6.02. The molecule has 2 atom stereocenters. The molecule has 2 aromatic carbocycles. The third-order valence-corrected chi connectivity index (χ3v) is 6.08. The smallest absolute Gasteiger partial charge is 0.127 e. The van der Waals surface area contributed by atoms with Gasteiger partial charge in [-0.3, -0.25) is 9.98 Å². The Morgan fingerprint density at radius 2 is 1.07 bits per heavy atom. The first kappa shape index (κ1) is 22.1. The van der Waals surface area contributed by atoms with Crippen LogP contribution in [-0.4, -0.2) is 33.7 Å². The monoisotopic (exact) mass is 406 g/mol. The van der Waals surface area contributed by atoms with E-state index in [4.69, 9.17) is 9.98 Å². The van der Waals surface area contributed by atoms with Crippen molar-refractivity contribution >= 4 is 11.4 Å². The van der Waals surface area contributed by atoms with Crippen molar-refractivity contribution in [2.24, 2.45) is 9.98 Å². The minimum Gasteiger partial charge on any atom is -0.507 e. The summed E-state index contributed by atoms with van der Waals surface area (Å²) in [5.41, 5.74) is 7.33. The molecule has 2 aromatic rings. The Balaban J connectivity index is 1.94. The van der Waals surface area contributed by atoms with Gasteiger partial charge in [0.15, 0.2) is 0 Å². The molecule has 0 aliphatic heterocycles. The number of phenols is 2. The quantitative estimate of drug-likeness (QED) is 0.615. The molecule has 3 rings (SSSR count). The molecule has 0 unspecified atom stereocenters. The highest BCUT2D eigenvalue weighted by Crippen LogP contribution is 2.30. The lowest BCUT2D eigenvalue weighted by atomic mass is 9.90. The molecule has 0 heterocycles. The SMILES string of the molecule is CC(=N[C@H]1CCCC[C@@H]1N=C(C)c1cc(C)cc(C)c1O)c1cc(C)cc(C)c1O. The zero-order valence-corrected chi connectivity index (χ0v) is 19.1. The van der Waals surface area contributed by atoms with E-state index in [1.54, 1.807) is 0 Å². The molecule has 1 saturated carbocycles. The van der Waals surface area contributed by atoms with Crippen molar-refractivity contribution in [3.8, 4) is 11.5 Å². The first-order valence-corrected chi connectivity index (χ1v) is 10.9. The van der Waals surface area contributed by atoms with E-state index in [1.165, 1.54) is 0 Å². The lowest BCUT2D eigenvalue weighted by Crippen LogP contribution is -2.29. The summed E-state index contributed by atoms with van der Waals surface area (Å²) in [7, 11) is 0. The van der Waals surface area contributed by atoms with Crippen LogP contribution in [0.4, 0.5) is 0 Å². The van der Waals surface area contributed by atoms with Gasteiger partial charge in [-0.2, -0.15) is 0 Å². The van der Waals surface area contributed by atoms with Crippen LogP contribution < -0.4 is 0 Å². The van der Waals surface area contributed by atoms with Crippen molar-refractivity contribution < 1.29 is 10.2 Å². The molecule has 4 nitrogen and oxygen atoms in total. The van der Waals surface area contributed by atoms with Gasteiger partial charge < -0.3 is 10.2 Å². The van der Waals surface area contributed by atoms with E-state index >= 15 is 0 Å². The Bertz CT molecular complexity index is 923. The summed E-state index contributed by atoms with van der Waals surface area (Å²) < 4.78 is 0. The number of phenolic OH excluding ortho intramolecular Hbond substituents is 2. The molecular weight excluding hydrogens is 372 g/mol. The van der Waals surface area contributed by atoms with E-state index in [2.05, 4.69) is 0 Å². The minimum absolute atomic E-state index is 0.0852. The van der Waals surface area contributed by atoms with Crippen LogP contribution in [-0.2, 0) is 0 Å². The van der Waals surface area contributed by atoms with Crippen LogP contribution in [0.2, 0.25) is 0 Å². The van der Waals surface area contributed by atoms with Crippen molar-refractivity contribution in [3.63, 3.8) is 0 Å². The number of rotatable bonds is 4. The molecule has 0 radical (unpaired) electrons.